The second-order valence-corrected chi connectivity index (χ2v) is 4.90. The largest absolute Gasteiger partial charge is 0.293 e. The first-order chi connectivity index (χ1) is 8.84. The Bertz CT molecular complexity index is 477. The molecule has 5 nitrogen and oxygen atoms in total. The van der Waals surface area contributed by atoms with Gasteiger partial charge in [0.25, 0.3) is 5.91 Å². The fraction of sp³-hybridized carbons (Fsp3) is 0.538. The van der Waals surface area contributed by atoms with Gasteiger partial charge in [0.15, 0.2) is 5.69 Å². The average molecular weight is 246 g/mol. The molecular formula is C13H18N4O. The number of aryl methyl sites for hydroxylation is 1. The summed E-state index contributed by atoms with van der Waals surface area (Å²) in [6.07, 6.45) is 10.5. The van der Waals surface area contributed by atoms with Crippen molar-refractivity contribution < 1.29 is 4.79 Å². The number of aromatic amines is 1. The lowest BCUT2D eigenvalue weighted by molar-refractivity contribution is 0.0839. The molecule has 96 valence electrons. The van der Waals surface area contributed by atoms with Crippen LogP contribution in [0.25, 0.3) is 0 Å². The van der Waals surface area contributed by atoms with Gasteiger partial charge in [-0.3, -0.25) is 20.3 Å². The number of carbonyl (C=O) groups is 1. The monoisotopic (exact) mass is 246 g/mol. The van der Waals surface area contributed by atoms with Crippen molar-refractivity contribution in [3.63, 3.8) is 0 Å². The smallest absolute Gasteiger partial charge is 0.290 e. The number of amides is 1. The minimum Gasteiger partial charge on any atom is -0.293 e. The number of nitrogens with one attached hydrogen (secondary N) is 2. The fourth-order valence-corrected chi connectivity index (χ4v) is 2.60. The molecule has 1 aromatic heterocycles. The molecule has 2 N–H and O–H groups in total. The van der Waals surface area contributed by atoms with E-state index in [0.29, 0.717) is 5.69 Å². The summed E-state index contributed by atoms with van der Waals surface area (Å²) in [4.78, 5) is 12.2. The molecular weight excluding hydrogens is 228 g/mol. The van der Waals surface area contributed by atoms with E-state index in [1.165, 1.54) is 6.42 Å². The SMILES string of the molecule is O=C(NN1C=CCCC1)c1n[nH]c2c1CCCC2. The summed E-state index contributed by atoms with van der Waals surface area (Å²) in [5.41, 5.74) is 5.72. The summed E-state index contributed by atoms with van der Waals surface area (Å²) in [6, 6.07) is 0. The molecule has 2 aliphatic rings. The zero-order valence-corrected chi connectivity index (χ0v) is 10.4. The van der Waals surface area contributed by atoms with E-state index in [2.05, 4.69) is 21.7 Å². The molecule has 3 rings (SSSR count). The van der Waals surface area contributed by atoms with Crippen LogP contribution in [0.2, 0.25) is 0 Å². The third-order valence-corrected chi connectivity index (χ3v) is 3.57. The van der Waals surface area contributed by atoms with Crippen molar-refractivity contribution >= 4 is 5.91 Å². The molecule has 18 heavy (non-hydrogen) atoms. The highest BCUT2D eigenvalue weighted by Crippen LogP contribution is 2.22. The third-order valence-electron chi connectivity index (χ3n) is 3.57. The van der Waals surface area contributed by atoms with E-state index < -0.39 is 0 Å². The predicted molar refractivity (Wildman–Crippen MR) is 67.8 cm³/mol. The third kappa shape index (κ3) is 2.12. The summed E-state index contributed by atoms with van der Waals surface area (Å²) < 4.78 is 0. The molecule has 1 aliphatic heterocycles. The molecule has 5 heteroatoms. The lowest BCUT2D eigenvalue weighted by Gasteiger charge is -2.23. The summed E-state index contributed by atoms with van der Waals surface area (Å²) in [7, 11) is 0. The number of aromatic nitrogens is 2. The maximum atomic E-state index is 12.2. The van der Waals surface area contributed by atoms with Crippen molar-refractivity contribution in [2.45, 2.75) is 38.5 Å². The van der Waals surface area contributed by atoms with Gasteiger partial charge in [-0.2, -0.15) is 5.10 Å². The lowest BCUT2D eigenvalue weighted by atomic mass is 9.96. The Hall–Kier alpha value is -1.78. The van der Waals surface area contributed by atoms with Crippen LogP contribution in [-0.2, 0) is 12.8 Å². The van der Waals surface area contributed by atoms with E-state index in [4.69, 9.17) is 0 Å². The number of fused-ring (bicyclic) bond motifs is 1. The Labute approximate surface area is 106 Å². The predicted octanol–water partition coefficient (Wildman–Crippen LogP) is 1.54. The Kier molecular flexibility index (Phi) is 3.04. The van der Waals surface area contributed by atoms with Gasteiger partial charge < -0.3 is 0 Å². The van der Waals surface area contributed by atoms with E-state index in [1.807, 2.05) is 11.2 Å². The zero-order valence-electron chi connectivity index (χ0n) is 10.4. The Morgan fingerprint density at radius 2 is 2.22 bits per heavy atom. The minimum atomic E-state index is -0.0963. The van der Waals surface area contributed by atoms with Gasteiger partial charge in [0, 0.05) is 24.0 Å². The maximum absolute atomic E-state index is 12.2. The number of carbonyl (C=O) groups excluding carboxylic acids is 1. The number of allylic oxidation sites excluding steroid dienone is 1. The van der Waals surface area contributed by atoms with Gasteiger partial charge in [-0.05, 0) is 38.5 Å². The first-order valence-electron chi connectivity index (χ1n) is 6.65. The second kappa shape index (κ2) is 4.84. The average Bonchev–Trinajstić information content (AvgIpc) is 2.84. The van der Waals surface area contributed by atoms with Crippen molar-refractivity contribution in [1.29, 1.82) is 0 Å². The Balaban J connectivity index is 1.74. The standard InChI is InChI=1S/C13H18N4O/c18-13(16-17-8-4-1-5-9-17)12-10-6-2-3-7-11(10)14-15-12/h4,8H,1-3,5-7,9H2,(H,14,15)(H,16,18). The van der Waals surface area contributed by atoms with Crippen molar-refractivity contribution in [3.8, 4) is 0 Å². The molecule has 0 fully saturated rings. The van der Waals surface area contributed by atoms with Gasteiger partial charge in [0.1, 0.15) is 0 Å². The van der Waals surface area contributed by atoms with Crippen molar-refractivity contribution in [2.24, 2.45) is 0 Å². The van der Waals surface area contributed by atoms with E-state index in [9.17, 15) is 4.79 Å². The van der Waals surface area contributed by atoms with Crippen LogP contribution in [0.3, 0.4) is 0 Å². The normalized spacial score (nSPS) is 18.6. The highest BCUT2D eigenvalue weighted by molar-refractivity contribution is 5.93. The number of hydrogen-bond acceptors (Lipinski definition) is 3. The molecule has 0 atom stereocenters. The highest BCUT2D eigenvalue weighted by atomic mass is 16.2. The Morgan fingerprint density at radius 1 is 1.33 bits per heavy atom. The van der Waals surface area contributed by atoms with Crippen molar-refractivity contribution in [1.82, 2.24) is 20.6 Å². The van der Waals surface area contributed by atoms with Gasteiger partial charge in [0.2, 0.25) is 0 Å². The molecule has 0 bridgehead atoms. The summed E-state index contributed by atoms with van der Waals surface area (Å²) in [5, 5.41) is 9.02. The van der Waals surface area contributed by atoms with Crippen molar-refractivity contribution in [2.75, 3.05) is 6.54 Å². The van der Waals surface area contributed by atoms with Crippen LogP contribution in [0, 0.1) is 0 Å². The van der Waals surface area contributed by atoms with Crippen LogP contribution < -0.4 is 5.43 Å². The first-order valence-corrected chi connectivity index (χ1v) is 6.65. The molecule has 0 unspecified atom stereocenters. The molecule has 1 aliphatic carbocycles. The van der Waals surface area contributed by atoms with Crippen molar-refractivity contribution in [3.05, 3.63) is 29.2 Å². The molecule has 0 spiro atoms. The number of hydrogen-bond donors (Lipinski definition) is 2. The van der Waals surface area contributed by atoms with Gasteiger partial charge in [-0.15, -0.1) is 0 Å². The zero-order chi connectivity index (χ0) is 12.4. The van der Waals surface area contributed by atoms with Crippen LogP contribution in [0.4, 0.5) is 0 Å². The van der Waals surface area contributed by atoms with E-state index in [-0.39, 0.29) is 5.91 Å². The second-order valence-electron chi connectivity index (χ2n) is 4.90. The maximum Gasteiger partial charge on any atom is 0.290 e. The molecule has 2 heterocycles. The minimum absolute atomic E-state index is 0.0963. The summed E-state index contributed by atoms with van der Waals surface area (Å²) in [5.74, 6) is -0.0963. The van der Waals surface area contributed by atoms with Crippen LogP contribution in [0.15, 0.2) is 12.3 Å². The molecule has 0 radical (unpaired) electrons. The Morgan fingerprint density at radius 3 is 3.06 bits per heavy atom. The number of rotatable bonds is 2. The van der Waals surface area contributed by atoms with Gasteiger partial charge in [-0.25, -0.2) is 0 Å². The van der Waals surface area contributed by atoms with Crippen LogP contribution in [0.5, 0.6) is 0 Å². The van der Waals surface area contributed by atoms with E-state index in [0.717, 1.165) is 49.9 Å². The van der Waals surface area contributed by atoms with Gasteiger partial charge >= 0.3 is 0 Å². The summed E-state index contributed by atoms with van der Waals surface area (Å²) in [6.45, 7) is 0.870. The van der Waals surface area contributed by atoms with Crippen LogP contribution in [0.1, 0.15) is 47.4 Å². The molecule has 0 saturated carbocycles. The molecule has 0 saturated heterocycles. The fourth-order valence-electron chi connectivity index (χ4n) is 2.60. The molecule has 0 aromatic carbocycles. The topological polar surface area (TPSA) is 61.0 Å². The first kappa shape index (κ1) is 11.3. The lowest BCUT2D eigenvalue weighted by Crippen LogP contribution is -2.40. The quantitative estimate of drug-likeness (QED) is 0.832. The number of H-pyrrole nitrogens is 1. The van der Waals surface area contributed by atoms with Gasteiger partial charge in [-0.1, -0.05) is 6.08 Å². The number of hydrazine groups is 1. The highest BCUT2D eigenvalue weighted by Gasteiger charge is 2.22. The number of nitrogens with zero attached hydrogens (tertiary/aromatic N) is 2. The van der Waals surface area contributed by atoms with Crippen LogP contribution in [-0.4, -0.2) is 27.7 Å². The molecule has 1 amide bonds. The van der Waals surface area contributed by atoms with Crippen LogP contribution >= 0.6 is 0 Å². The summed E-state index contributed by atoms with van der Waals surface area (Å²) >= 11 is 0. The molecule has 1 aromatic rings. The van der Waals surface area contributed by atoms with E-state index in [1.54, 1.807) is 0 Å². The van der Waals surface area contributed by atoms with Gasteiger partial charge in [0.05, 0.1) is 0 Å². The van der Waals surface area contributed by atoms with E-state index >= 15 is 0 Å².